The van der Waals surface area contributed by atoms with Gasteiger partial charge >= 0.3 is 0 Å². The van der Waals surface area contributed by atoms with Crippen LogP contribution in [0.5, 0.6) is 0 Å². The van der Waals surface area contributed by atoms with Gasteiger partial charge in [-0.15, -0.1) is 0 Å². The van der Waals surface area contributed by atoms with E-state index in [-0.39, 0.29) is 0 Å². The summed E-state index contributed by atoms with van der Waals surface area (Å²) in [6.45, 7) is 0. The average Bonchev–Trinajstić information content (AvgIpc) is 3.69. The second-order valence-corrected chi connectivity index (χ2v) is 13.0. The maximum absolute atomic E-state index is 5.16. The molecule has 230 valence electrons. The fourth-order valence-corrected chi connectivity index (χ4v) is 7.78. The van der Waals surface area contributed by atoms with E-state index < -0.39 is 0 Å². The van der Waals surface area contributed by atoms with Crippen LogP contribution in [-0.4, -0.2) is 24.1 Å². The Morgan fingerprint density at radius 3 is 1.73 bits per heavy atom. The van der Waals surface area contributed by atoms with Crippen molar-refractivity contribution in [1.82, 2.24) is 24.1 Å². The van der Waals surface area contributed by atoms with Crippen LogP contribution >= 0.6 is 15.9 Å². The van der Waals surface area contributed by atoms with Gasteiger partial charge in [-0.05, 0) is 57.0 Å². The first-order chi connectivity index (χ1) is 24.2. The molecule has 3 aromatic heterocycles. The van der Waals surface area contributed by atoms with Gasteiger partial charge in [0.2, 0.25) is 5.95 Å². The van der Waals surface area contributed by atoms with Crippen LogP contribution in [0.1, 0.15) is 0 Å². The quantitative estimate of drug-likeness (QED) is 0.184. The number of hydrogen-bond acceptors (Lipinski definition) is 3. The summed E-state index contributed by atoms with van der Waals surface area (Å²) in [4.78, 5) is 15.3. The van der Waals surface area contributed by atoms with Crippen molar-refractivity contribution < 1.29 is 0 Å². The van der Waals surface area contributed by atoms with Crippen molar-refractivity contribution >= 4 is 70.3 Å². The molecule has 0 aliphatic heterocycles. The molecule has 0 N–H and O–H groups in total. The molecule has 10 rings (SSSR count). The molecule has 0 atom stereocenters. The fourth-order valence-electron chi connectivity index (χ4n) is 7.32. The van der Waals surface area contributed by atoms with Gasteiger partial charge in [0, 0.05) is 37.1 Å². The van der Waals surface area contributed by atoms with Crippen LogP contribution in [0.4, 0.5) is 0 Å². The first-order valence-electron chi connectivity index (χ1n) is 16.2. The Labute approximate surface area is 289 Å². The topological polar surface area (TPSA) is 48.5 Å². The summed E-state index contributed by atoms with van der Waals surface area (Å²) in [6, 6.07) is 54.9. The van der Waals surface area contributed by atoms with E-state index in [9.17, 15) is 0 Å². The minimum Gasteiger partial charge on any atom is -0.307 e. The number of rotatable bonds is 4. The van der Waals surface area contributed by atoms with Crippen LogP contribution in [0, 0.1) is 0 Å². The second kappa shape index (κ2) is 11.0. The molecular weight excluding hydrogens is 666 g/mol. The zero-order valence-electron chi connectivity index (χ0n) is 26.1. The van der Waals surface area contributed by atoms with E-state index >= 15 is 0 Å². The molecule has 6 heteroatoms. The molecule has 0 unspecified atom stereocenters. The summed E-state index contributed by atoms with van der Waals surface area (Å²) in [6.07, 6.45) is 0. The smallest absolute Gasteiger partial charge is 0.238 e. The number of aromatic nitrogens is 5. The Balaban J connectivity index is 1.38. The lowest BCUT2D eigenvalue weighted by Gasteiger charge is -2.12. The van der Waals surface area contributed by atoms with Gasteiger partial charge in [-0.2, -0.15) is 9.97 Å². The molecule has 0 aliphatic rings. The van der Waals surface area contributed by atoms with Crippen molar-refractivity contribution in [1.29, 1.82) is 0 Å². The van der Waals surface area contributed by atoms with E-state index in [4.69, 9.17) is 15.0 Å². The van der Waals surface area contributed by atoms with Gasteiger partial charge in [-0.25, -0.2) is 4.98 Å². The van der Waals surface area contributed by atoms with Crippen molar-refractivity contribution in [2.24, 2.45) is 0 Å². The lowest BCUT2D eigenvalue weighted by molar-refractivity contribution is 0.953. The maximum Gasteiger partial charge on any atom is 0.238 e. The van der Waals surface area contributed by atoms with E-state index in [0.29, 0.717) is 17.6 Å². The molecule has 0 aliphatic carbocycles. The lowest BCUT2D eigenvalue weighted by Crippen LogP contribution is -2.06. The van der Waals surface area contributed by atoms with E-state index in [1.54, 1.807) is 0 Å². The minimum absolute atomic E-state index is 0.576. The van der Waals surface area contributed by atoms with E-state index in [1.165, 1.54) is 21.5 Å². The largest absolute Gasteiger partial charge is 0.307 e. The van der Waals surface area contributed by atoms with Crippen LogP contribution in [-0.2, 0) is 0 Å². The Kier molecular flexibility index (Phi) is 6.26. The third kappa shape index (κ3) is 4.27. The SMILES string of the molecule is Brc1ccccc1-n1c2ccc3ccccc3c2c2ccc3c(c4ccccc4n3-c3nc(-c4ccccc4)nc(-c4ccccc4)n3)c21. The van der Waals surface area contributed by atoms with Crippen LogP contribution in [0.2, 0.25) is 0 Å². The molecule has 7 aromatic carbocycles. The molecule has 3 heterocycles. The number of fused-ring (bicyclic) bond motifs is 9. The Morgan fingerprint density at radius 2 is 1.00 bits per heavy atom. The number of nitrogens with zero attached hydrogens (tertiary/aromatic N) is 5. The van der Waals surface area contributed by atoms with Crippen LogP contribution in [0.3, 0.4) is 0 Å². The highest BCUT2D eigenvalue weighted by Crippen LogP contribution is 2.44. The van der Waals surface area contributed by atoms with Crippen molar-refractivity contribution in [3.63, 3.8) is 0 Å². The Hall–Kier alpha value is -6.11. The van der Waals surface area contributed by atoms with Crippen molar-refractivity contribution in [2.75, 3.05) is 0 Å². The first kappa shape index (κ1) is 28.0. The number of para-hydroxylation sites is 2. The highest BCUT2D eigenvalue weighted by atomic mass is 79.9. The maximum atomic E-state index is 5.16. The third-order valence-corrected chi connectivity index (χ3v) is 10.1. The Bertz CT molecular complexity index is 2830. The van der Waals surface area contributed by atoms with Crippen LogP contribution < -0.4 is 0 Å². The molecule has 0 radical (unpaired) electrons. The number of hydrogen-bond donors (Lipinski definition) is 0. The van der Waals surface area contributed by atoms with E-state index in [2.05, 4.69) is 122 Å². The monoisotopic (exact) mass is 691 g/mol. The summed E-state index contributed by atoms with van der Waals surface area (Å²) in [7, 11) is 0. The van der Waals surface area contributed by atoms with Crippen molar-refractivity contribution in [3.8, 4) is 34.4 Å². The summed E-state index contributed by atoms with van der Waals surface area (Å²) in [5, 5.41) is 7.16. The molecule has 49 heavy (non-hydrogen) atoms. The summed E-state index contributed by atoms with van der Waals surface area (Å²) in [5.74, 6) is 1.84. The van der Waals surface area contributed by atoms with Gasteiger partial charge in [0.1, 0.15) is 0 Å². The molecule has 0 amide bonds. The first-order valence-corrected chi connectivity index (χ1v) is 17.0. The van der Waals surface area contributed by atoms with Crippen molar-refractivity contribution in [3.05, 3.63) is 162 Å². The highest BCUT2D eigenvalue weighted by molar-refractivity contribution is 9.10. The molecule has 0 spiro atoms. The molecule has 0 fully saturated rings. The second-order valence-electron chi connectivity index (χ2n) is 12.2. The zero-order valence-corrected chi connectivity index (χ0v) is 27.7. The normalized spacial score (nSPS) is 11.8. The van der Waals surface area contributed by atoms with E-state index in [0.717, 1.165) is 54.1 Å². The van der Waals surface area contributed by atoms with Gasteiger partial charge < -0.3 is 4.57 Å². The van der Waals surface area contributed by atoms with Crippen LogP contribution in [0.15, 0.2) is 162 Å². The molecule has 10 aromatic rings. The molecule has 5 nitrogen and oxygen atoms in total. The van der Waals surface area contributed by atoms with Crippen molar-refractivity contribution in [2.45, 2.75) is 0 Å². The fraction of sp³-hybridized carbons (Fsp3) is 0. The predicted molar refractivity (Wildman–Crippen MR) is 205 cm³/mol. The minimum atomic E-state index is 0.576. The summed E-state index contributed by atoms with van der Waals surface area (Å²) >= 11 is 3.90. The third-order valence-electron chi connectivity index (χ3n) is 9.43. The van der Waals surface area contributed by atoms with Gasteiger partial charge in [0.25, 0.3) is 0 Å². The molecular formula is C43H26BrN5. The number of benzene rings is 7. The molecule has 0 saturated carbocycles. The predicted octanol–water partition coefficient (Wildman–Crippen LogP) is 11.3. The van der Waals surface area contributed by atoms with Gasteiger partial charge in [-0.3, -0.25) is 4.57 Å². The van der Waals surface area contributed by atoms with Gasteiger partial charge in [-0.1, -0.05) is 127 Å². The van der Waals surface area contributed by atoms with E-state index in [1.807, 2.05) is 60.7 Å². The number of halogens is 1. The summed E-state index contributed by atoms with van der Waals surface area (Å²) < 4.78 is 5.64. The molecule has 0 bridgehead atoms. The van der Waals surface area contributed by atoms with Crippen LogP contribution in [0.25, 0.3) is 88.8 Å². The molecule has 0 saturated heterocycles. The standard InChI is InChI=1S/C43H26BrN5/c44-33-20-10-12-22-35(33)48-36-25-23-27-13-7-8-18-30(27)38(36)32-24-26-37-39(40(32)48)31-19-9-11-21-34(31)49(37)43-46-41(28-14-3-1-4-15-28)45-42(47-43)29-16-5-2-6-17-29/h1-26H. The lowest BCUT2D eigenvalue weighted by atomic mass is 10.0. The van der Waals surface area contributed by atoms with Gasteiger partial charge in [0.15, 0.2) is 11.6 Å². The Morgan fingerprint density at radius 1 is 0.408 bits per heavy atom. The van der Waals surface area contributed by atoms with Gasteiger partial charge in [0.05, 0.1) is 27.8 Å². The highest BCUT2D eigenvalue weighted by Gasteiger charge is 2.24. The summed E-state index contributed by atoms with van der Waals surface area (Å²) in [5.41, 5.74) is 7.32. The average molecular weight is 693 g/mol. The zero-order chi connectivity index (χ0) is 32.5.